The average molecular weight is 322 g/mol. The van der Waals surface area contributed by atoms with Gasteiger partial charge >= 0.3 is 0 Å². The summed E-state index contributed by atoms with van der Waals surface area (Å²) in [4.78, 5) is 6.91. The fourth-order valence-electron chi connectivity index (χ4n) is 5.09. The van der Waals surface area contributed by atoms with Crippen LogP contribution in [-0.2, 0) is 4.74 Å². The molecular weight excluding hydrogens is 286 g/mol. The maximum absolute atomic E-state index is 5.91. The minimum Gasteiger partial charge on any atom is -0.377 e. The molecule has 0 bridgehead atoms. The number of rotatable bonds is 3. The molecular formula is C19H35N3O. The monoisotopic (exact) mass is 321 g/mol. The first kappa shape index (κ1) is 17.1. The van der Waals surface area contributed by atoms with E-state index >= 15 is 0 Å². The molecule has 4 heteroatoms. The number of nitrogens with zero attached hydrogens (tertiary/aromatic N) is 2. The van der Waals surface area contributed by atoms with Crippen molar-refractivity contribution in [3.63, 3.8) is 0 Å². The molecule has 1 heterocycles. The number of hydrogen-bond donors (Lipinski definition) is 1. The van der Waals surface area contributed by atoms with Gasteiger partial charge in [0.1, 0.15) is 0 Å². The summed E-state index contributed by atoms with van der Waals surface area (Å²) in [6.07, 6.45) is 7.14. The van der Waals surface area contributed by atoms with E-state index < -0.39 is 0 Å². The van der Waals surface area contributed by atoms with Crippen LogP contribution in [0.1, 0.15) is 52.9 Å². The topological polar surface area (TPSA) is 36.9 Å². The highest BCUT2D eigenvalue weighted by atomic mass is 16.5. The molecule has 2 aliphatic carbocycles. The molecule has 23 heavy (non-hydrogen) atoms. The molecule has 1 aliphatic heterocycles. The summed E-state index contributed by atoms with van der Waals surface area (Å²) < 4.78 is 5.91. The van der Waals surface area contributed by atoms with Crippen LogP contribution >= 0.6 is 0 Å². The van der Waals surface area contributed by atoms with Gasteiger partial charge in [-0.25, -0.2) is 0 Å². The van der Waals surface area contributed by atoms with Crippen molar-refractivity contribution >= 4 is 5.96 Å². The third-order valence-electron chi connectivity index (χ3n) is 6.63. The summed E-state index contributed by atoms with van der Waals surface area (Å²) in [6, 6.07) is 0.488. The van der Waals surface area contributed by atoms with Crippen molar-refractivity contribution < 1.29 is 4.74 Å². The number of nitrogens with one attached hydrogen (secondary N) is 1. The second-order valence-electron chi connectivity index (χ2n) is 8.74. The van der Waals surface area contributed by atoms with Crippen LogP contribution < -0.4 is 5.32 Å². The average Bonchev–Trinajstić information content (AvgIpc) is 2.97. The lowest BCUT2D eigenvalue weighted by Crippen LogP contribution is -2.68. The SMILES string of the molecule is CN=C(NC1C2CCOC2C1(C)C)N(C)CC1CCC(C)CC1. The van der Waals surface area contributed by atoms with Gasteiger partial charge in [-0.1, -0.05) is 33.6 Å². The first-order chi connectivity index (χ1) is 10.9. The Morgan fingerprint density at radius 3 is 2.57 bits per heavy atom. The molecule has 0 radical (unpaired) electrons. The van der Waals surface area contributed by atoms with Gasteiger partial charge in [-0.3, -0.25) is 4.99 Å². The minimum atomic E-state index is 0.207. The maximum Gasteiger partial charge on any atom is 0.193 e. The van der Waals surface area contributed by atoms with Gasteiger partial charge < -0.3 is 15.0 Å². The van der Waals surface area contributed by atoms with E-state index in [9.17, 15) is 0 Å². The van der Waals surface area contributed by atoms with E-state index in [1.165, 1.54) is 32.1 Å². The van der Waals surface area contributed by atoms with Crippen LogP contribution in [0.2, 0.25) is 0 Å². The zero-order chi connectivity index (χ0) is 16.6. The number of guanidine groups is 1. The van der Waals surface area contributed by atoms with E-state index in [2.05, 4.69) is 43.0 Å². The molecule has 2 saturated carbocycles. The predicted octanol–water partition coefficient (Wildman–Crippen LogP) is 3.13. The van der Waals surface area contributed by atoms with E-state index in [-0.39, 0.29) is 5.41 Å². The van der Waals surface area contributed by atoms with E-state index in [1.807, 2.05) is 7.05 Å². The Balaban J connectivity index is 1.55. The highest BCUT2D eigenvalue weighted by Gasteiger charge is 2.59. The Bertz CT molecular complexity index is 440. The van der Waals surface area contributed by atoms with Gasteiger partial charge in [0.15, 0.2) is 5.96 Å². The Hall–Kier alpha value is -0.770. The molecule has 3 rings (SSSR count). The van der Waals surface area contributed by atoms with E-state index in [4.69, 9.17) is 4.74 Å². The van der Waals surface area contributed by atoms with Gasteiger partial charge in [0, 0.05) is 44.6 Å². The fourth-order valence-corrected chi connectivity index (χ4v) is 5.09. The maximum atomic E-state index is 5.91. The van der Waals surface area contributed by atoms with Gasteiger partial charge in [-0.15, -0.1) is 0 Å². The largest absolute Gasteiger partial charge is 0.377 e. The van der Waals surface area contributed by atoms with Crippen LogP contribution in [0.15, 0.2) is 4.99 Å². The van der Waals surface area contributed by atoms with Crippen LogP contribution in [0.4, 0.5) is 0 Å². The van der Waals surface area contributed by atoms with Crippen molar-refractivity contribution in [3.05, 3.63) is 0 Å². The van der Waals surface area contributed by atoms with Crippen LogP contribution in [-0.4, -0.2) is 50.3 Å². The van der Waals surface area contributed by atoms with Crippen molar-refractivity contribution in [3.8, 4) is 0 Å². The lowest BCUT2D eigenvalue weighted by atomic mass is 9.57. The molecule has 3 unspecified atom stereocenters. The first-order valence-electron chi connectivity index (χ1n) is 9.49. The van der Waals surface area contributed by atoms with Crippen molar-refractivity contribution in [2.24, 2.45) is 28.2 Å². The Labute approximate surface area is 142 Å². The zero-order valence-electron chi connectivity index (χ0n) is 15.6. The van der Waals surface area contributed by atoms with Gasteiger partial charge in [0.25, 0.3) is 0 Å². The van der Waals surface area contributed by atoms with E-state index in [1.54, 1.807) is 0 Å². The molecule has 132 valence electrons. The summed E-state index contributed by atoms with van der Waals surface area (Å²) in [5, 5.41) is 3.76. The molecule has 0 aromatic heterocycles. The molecule has 1 saturated heterocycles. The normalized spacial score (nSPS) is 39.5. The number of hydrogen-bond acceptors (Lipinski definition) is 2. The highest BCUT2D eigenvalue weighted by Crippen LogP contribution is 2.52. The van der Waals surface area contributed by atoms with Gasteiger partial charge in [0.05, 0.1) is 6.10 Å². The number of fused-ring (bicyclic) bond motifs is 1. The van der Waals surface area contributed by atoms with Crippen LogP contribution in [0, 0.1) is 23.2 Å². The van der Waals surface area contributed by atoms with Crippen molar-refractivity contribution in [2.45, 2.75) is 65.0 Å². The van der Waals surface area contributed by atoms with Crippen molar-refractivity contribution in [1.82, 2.24) is 10.2 Å². The molecule has 3 atom stereocenters. The van der Waals surface area contributed by atoms with Gasteiger partial charge in [-0.05, 0) is 31.1 Å². The first-order valence-corrected chi connectivity index (χ1v) is 9.49. The van der Waals surface area contributed by atoms with E-state index in [0.717, 1.165) is 30.9 Å². The fraction of sp³-hybridized carbons (Fsp3) is 0.947. The molecule has 1 N–H and O–H groups in total. The van der Waals surface area contributed by atoms with Gasteiger partial charge in [-0.2, -0.15) is 0 Å². The second kappa shape index (κ2) is 6.62. The summed E-state index contributed by atoms with van der Waals surface area (Å²) in [5.41, 5.74) is 0.207. The lowest BCUT2D eigenvalue weighted by Gasteiger charge is -2.55. The summed E-state index contributed by atoms with van der Waals surface area (Å²) in [6.45, 7) is 9.09. The van der Waals surface area contributed by atoms with Crippen molar-refractivity contribution in [2.75, 3.05) is 27.2 Å². The van der Waals surface area contributed by atoms with Crippen LogP contribution in [0.25, 0.3) is 0 Å². The summed E-state index contributed by atoms with van der Waals surface area (Å²) in [5.74, 6) is 3.47. The molecule has 4 nitrogen and oxygen atoms in total. The van der Waals surface area contributed by atoms with Crippen LogP contribution in [0.3, 0.4) is 0 Å². The summed E-state index contributed by atoms with van der Waals surface area (Å²) in [7, 11) is 4.11. The second-order valence-corrected chi connectivity index (χ2v) is 8.74. The summed E-state index contributed by atoms with van der Waals surface area (Å²) >= 11 is 0. The molecule has 3 fully saturated rings. The van der Waals surface area contributed by atoms with Crippen LogP contribution in [0.5, 0.6) is 0 Å². The smallest absolute Gasteiger partial charge is 0.193 e. The Morgan fingerprint density at radius 1 is 1.22 bits per heavy atom. The third kappa shape index (κ3) is 3.24. The quantitative estimate of drug-likeness (QED) is 0.641. The molecule has 0 amide bonds. The molecule has 3 aliphatic rings. The predicted molar refractivity (Wildman–Crippen MR) is 95.7 cm³/mol. The Kier molecular flexibility index (Phi) is 4.91. The van der Waals surface area contributed by atoms with E-state index in [0.29, 0.717) is 18.1 Å². The molecule has 0 spiro atoms. The van der Waals surface area contributed by atoms with Gasteiger partial charge in [0.2, 0.25) is 0 Å². The Morgan fingerprint density at radius 2 is 1.91 bits per heavy atom. The number of ether oxygens (including phenoxy) is 1. The standard InChI is InChI=1S/C19H35N3O/c1-13-6-8-14(9-7-13)12-22(5)18(20-4)21-16-15-10-11-23-17(15)19(16,2)3/h13-17H,6-12H2,1-5H3,(H,20,21). The lowest BCUT2D eigenvalue weighted by molar-refractivity contribution is -0.107. The van der Waals surface area contributed by atoms with Crippen molar-refractivity contribution in [1.29, 1.82) is 0 Å². The molecule has 0 aromatic carbocycles. The minimum absolute atomic E-state index is 0.207. The third-order valence-corrected chi connectivity index (χ3v) is 6.63. The molecule has 0 aromatic rings. The highest BCUT2D eigenvalue weighted by molar-refractivity contribution is 5.80. The zero-order valence-corrected chi connectivity index (χ0v) is 15.6. The number of aliphatic imine (C=N–C) groups is 1.